The van der Waals surface area contributed by atoms with E-state index >= 15 is 0 Å². The number of hydrogen-bond acceptors (Lipinski definition) is 4. The molecule has 1 saturated carbocycles. The Morgan fingerprint density at radius 1 is 1.62 bits per heavy atom. The predicted molar refractivity (Wildman–Crippen MR) is 56.6 cm³/mol. The van der Waals surface area contributed by atoms with Crippen molar-refractivity contribution in [3.05, 3.63) is 11.4 Å². The van der Waals surface area contributed by atoms with E-state index in [-0.39, 0.29) is 19.1 Å². The quantitative estimate of drug-likeness (QED) is 0.741. The largest absolute Gasteiger partial charge is 0.390 e. The van der Waals surface area contributed by atoms with Gasteiger partial charge in [-0.3, -0.25) is 4.79 Å². The smallest absolute Gasteiger partial charge is 0.241 e. The van der Waals surface area contributed by atoms with Gasteiger partial charge in [-0.05, 0) is 12.8 Å². The molecule has 1 aliphatic carbocycles. The predicted octanol–water partition coefficient (Wildman–Crippen LogP) is -0.216. The van der Waals surface area contributed by atoms with E-state index in [0.717, 1.165) is 18.5 Å². The number of carbonyl (C=O) groups is 1. The summed E-state index contributed by atoms with van der Waals surface area (Å²) in [5.41, 5.74) is 1.53. The van der Waals surface area contributed by atoms with Crippen LogP contribution in [0.15, 0.2) is 0 Å². The summed E-state index contributed by atoms with van der Waals surface area (Å²) >= 11 is 0. The highest BCUT2D eigenvalue weighted by Gasteiger charge is 2.27. The fourth-order valence-electron chi connectivity index (χ4n) is 1.93. The minimum absolute atomic E-state index is 0.102. The van der Waals surface area contributed by atoms with Gasteiger partial charge in [0.15, 0.2) is 0 Å². The normalized spacial score (nSPS) is 15.9. The van der Waals surface area contributed by atoms with Crippen molar-refractivity contribution in [2.24, 2.45) is 0 Å². The van der Waals surface area contributed by atoms with Crippen molar-refractivity contribution in [3.8, 4) is 0 Å². The third-order valence-corrected chi connectivity index (χ3v) is 3.06. The first-order valence-electron chi connectivity index (χ1n) is 5.50. The second-order valence-corrected chi connectivity index (χ2v) is 4.04. The third-order valence-electron chi connectivity index (χ3n) is 3.06. The number of hydrogen-bond donors (Lipinski definition) is 2. The molecule has 0 unspecified atom stereocenters. The summed E-state index contributed by atoms with van der Waals surface area (Å²) < 4.78 is 1.61. The van der Waals surface area contributed by atoms with Crippen LogP contribution in [0.25, 0.3) is 0 Å². The Hall–Kier alpha value is -1.43. The average molecular weight is 224 g/mol. The minimum atomic E-state index is -0.112. The first-order chi connectivity index (χ1) is 7.76. The molecule has 0 aliphatic heterocycles. The Morgan fingerprint density at radius 2 is 2.38 bits per heavy atom. The molecule has 2 rings (SSSR count). The van der Waals surface area contributed by atoms with Crippen molar-refractivity contribution < 1.29 is 9.90 Å². The maximum absolute atomic E-state index is 11.3. The van der Waals surface area contributed by atoms with E-state index in [4.69, 9.17) is 0 Å². The number of likely N-dealkylation sites (N-methyl/N-ethyl adjacent to an activating group) is 1. The van der Waals surface area contributed by atoms with Crippen molar-refractivity contribution in [2.45, 2.75) is 38.3 Å². The fourth-order valence-corrected chi connectivity index (χ4v) is 1.93. The van der Waals surface area contributed by atoms with Crippen molar-refractivity contribution in [1.82, 2.24) is 20.3 Å². The lowest BCUT2D eigenvalue weighted by Crippen LogP contribution is -2.26. The lowest BCUT2D eigenvalue weighted by Gasteiger charge is -2.26. The minimum Gasteiger partial charge on any atom is -0.390 e. The van der Waals surface area contributed by atoms with Crippen LogP contribution in [0, 0.1) is 0 Å². The van der Waals surface area contributed by atoms with Crippen LogP contribution in [0.4, 0.5) is 0 Å². The number of aliphatic hydroxyl groups is 1. The highest BCUT2D eigenvalue weighted by atomic mass is 16.3. The molecule has 6 nitrogen and oxygen atoms in total. The number of nitrogens with one attached hydrogen (secondary N) is 1. The number of carbonyl (C=O) groups excluding carboxylic acids is 1. The first-order valence-corrected chi connectivity index (χ1v) is 5.50. The first kappa shape index (κ1) is 11.1. The van der Waals surface area contributed by atoms with Crippen LogP contribution >= 0.6 is 0 Å². The molecular formula is C10H16N4O2. The van der Waals surface area contributed by atoms with Gasteiger partial charge in [0.1, 0.15) is 12.2 Å². The van der Waals surface area contributed by atoms with Crippen LogP contribution in [-0.4, -0.2) is 33.1 Å². The fraction of sp³-hybridized carbons (Fsp3) is 0.700. The molecule has 1 aromatic heterocycles. The zero-order valence-electron chi connectivity index (χ0n) is 9.31. The summed E-state index contributed by atoms with van der Waals surface area (Å²) in [6.45, 7) is 0.0644. The number of nitrogens with zero attached hydrogens (tertiary/aromatic N) is 3. The Balaban J connectivity index is 2.22. The average Bonchev–Trinajstić information content (AvgIpc) is 2.59. The monoisotopic (exact) mass is 224 g/mol. The zero-order chi connectivity index (χ0) is 11.5. The van der Waals surface area contributed by atoms with E-state index in [9.17, 15) is 9.90 Å². The highest BCUT2D eigenvalue weighted by molar-refractivity contribution is 5.75. The molecule has 0 saturated heterocycles. The van der Waals surface area contributed by atoms with E-state index in [1.807, 2.05) is 0 Å². The molecule has 0 bridgehead atoms. The van der Waals surface area contributed by atoms with Crippen molar-refractivity contribution >= 4 is 5.91 Å². The van der Waals surface area contributed by atoms with Crippen LogP contribution < -0.4 is 5.32 Å². The molecule has 0 atom stereocenters. The highest BCUT2D eigenvalue weighted by Crippen LogP contribution is 2.37. The molecule has 1 amide bonds. The van der Waals surface area contributed by atoms with Crippen LogP contribution in [0.5, 0.6) is 0 Å². The SMILES string of the molecule is CNC(=O)Cn1nnc(CO)c1C1CCC1. The molecule has 1 aromatic rings. The van der Waals surface area contributed by atoms with Gasteiger partial charge in [0.25, 0.3) is 0 Å². The topological polar surface area (TPSA) is 80.0 Å². The molecule has 88 valence electrons. The van der Waals surface area contributed by atoms with Crippen LogP contribution in [0.3, 0.4) is 0 Å². The van der Waals surface area contributed by atoms with E-state index in [1.165, 1.54) is 6.42 Å². The molecule has 0 spiro atoms. The van der Waals surface area contributed by atoms with Gasteiger partial charge in [-0.2, -0.15) is 0 Å². The van der Waals surface area contributed by atoms with Gasteiger partial charge >= 0.3 is 0 Å². The molecule has 1 heterocycles. The molecule has 6 heteroatoms. The Labute approximate surface area is 93.6 Å². The molecule has 1 fully saturated rings. The summed E-state index contributed by atoms with van der Waals surface area (Å²) in [4.78, 5) is 11.3. The zero-order valence-corrected chi connectivity index (χ0v) is 9.31. The van der Waals surface area contributed by atoms with E-state index in [0.29, 0.717) is 11.6 Å². The summed E-state index contributed by atoms with van der Waals surface area (Å²) in [6.07, 6.45) is 3.38. The number of rotatable bonds is 4. The van der Waals surface area contributed by atoms with Gasteiger partial charge < -0.3 is 10.4 Å². The second kappa shape index (κ2) is 4.61. The standard InChI is InChI=1S/C10H16N4O2/c1-11-9(16)5-14-10(7-3-2-4-7)8(6-15)12-13-14/h7,15H,2-6H2,1H3,(H,11,16). The van der Waals surface area contributed by atoms with E-state index in [1.54, 1.807) is 11.7 Å². The van der Waals surface area contributed by atoms with Crippen molar-refractivity contribution in [3.63, 3.8) is 0 Å². The molecule has 2 N–H and O–H groups in total. The molecule has 0 aromatic carbocycles. The molecular weight excluding hydrogens is 208 g/mol. The van der Waals surface area contributed by atoms with Crippen LogP contribution in [0.2, 0.25) is 0 Å². The Kier molecular flexibility index (Phi) is 3.19. The van der Waals surface area contributed by atoms with Gasteiger partial charge in [0.05, 0.1) is 12.3 Å². The molecule has 0 radical (unpaired) electrons. The van der Waals surface area contributed by atoms with Gasteiger partial charge in [-0.15, -0.1) is 5.10 Å². The molecule has 1 aliphatic rings. The third kappa shape index (κ3) is 1.92. The number of aromatic nitrogens is 3. The Morgan fingerprint density at radius 3 is 2.88 bits per heavy atom. The summed E-state index contributed by atoms with van der Waals surface area (Å²) in [6, 6.07) is 0. The van der Waals surface area contributed by atoms with Gasteiger partial charge in [-0.1, -0.05) is 11.6 Å². The van der Waals surface area contributed by atoms with Crippen molar-refractivity contribution in [1.29, 1.82) is 0 Å². The van der Waals surface area contributed by atoms with Crippen molar-refractivity contribution in [2.75, 3.05) is 7.05 Å². The lowest BCUT2D eigenvalue weighted by atomic mass is 9.82. The maximum Gasteiger partial charge on any atom is 0.241 e. The van der Waals surface area contributed by atoms with Crippen LogP contribution in [-0.2, 0) is 17.9 Å². The summed E-state index contributed by atoms with van der Waals surface area (Å²) in [7, 11) is 1.59. The summed E-state index contributed by atoms with van der Waals surface area (Å²) in [5, 5.41) is 19.6. The van der Waals surface area contributed by atoms with Gasteiger partial charge in [-0.25, -0.2) is 4.68 Å². The van der Waals surface area contributed by atoms with Gasteiger partial charge in [0, 0.05) is 13.0 Å². The number of amides is 1. The van der Waals surface area contributed by atoms with Gasteiger partial charge in [0.2, 0.25) is 5.91 Å². The van der Waals surface area contributed by atoms with E-state index < -0.39 is 0 Å². The van der Waals surface area contributed by atoms with Crippen LogP contribution in [0.1, 0.15) is 36.6 Å². The number of aliphatic hydroxyl groups excluding tert-OH is 1. The summed E-state index contributed by atoms with van der Waals surface area (Å²) in [5.74, 6) is 0.303. The second-order valence-electron chi connectivity index (χ2n) is 4.04. The Bertz CT molecular complexity index is 384. The van der Waals surface area contributed by atoms with E-state index in [2.05, 4.69) is 15.6 Å². The maximum atomic E-state index is 11.3. The lowest BCUT2D eigenvalue weighted by molar-refractivity contribution is -0.121. The molecule has 16 heavy (non-hydrogen) atoms.